The van der Waals surface area contributed by atoms with Crippen LogP contribution in [0.3, 0.4) is 0 Å². The fourth-order valence-corrected chi connectivity index (χ4v) is 2.16. The number of para-hydroxylation sites is 1. The molecule has 92 valence electrons. The van der Waals surface area contributed by atoms with Crippen molar-refractivity contribution in [2.24, 2.45) is 0 Å². The minimum Gasteiger partial charge on any atom is -0.290 e. The van der Waals surface area contributed by atoms with E-state index in [1.807, 2.05) is 42.6 Å². The van der Waals surface area contributed by atoms with Gasteiger partial charge >= 0.3 is 0 Å². The Kier molecular flexibility index (Phi) is 3.07. The molecule has 0 saturated carbocycles. The molecule has 19 heavy (non-hydrogen) atoms. The van der Waals surface area contributed by atoms with Crippen LogP contribution in [0.2, 0.25) is 0 Å². The van der Waals surface area contributed by atoms with E-state index in [0.29, 0.717) is 0 Å². The summed E-state index contributed by atoms with van der Waals surface area (Å²) in [6, 6.07) is 10.2. The first-order chi connectivity index (χ1) is 9.33. The molecule has 1 aliphatic carbocycles. The van der Waals surface area contributed by atoms with Gasteiger partial charge in [0.05, 0.1) is 5.52 Å². The van der Waals surface area contributed by atoms with Gasteiger partial charge in [0.15, 0.2) is 5.78 Å². The lowest BCUT2D eigenvalue weighted by molar-refractivity contribution is -0.110. The molecule has 1 aromatic heterocycles. The molecule has 0 bridgehead atoms. The van der Waals surface area contributed by atoms with E-state index in [2.05, 4.69) is 17.1 Å². The third kappa shape index (κ3) is 2.52. The Morgan fingerprint density at radius 3 is 2.63 bits per heavy atom. The summed E-state index contributed by atoms with van der Waals surface area (Å²) in [6.45, 7) is 0. The van der Waals surface area contributed by atoms with Gasteiger partial charge in [-0.25, -0.2) is 0 Å². The van der Waals surface area contributed by atoms with Crippen LogP contribution in [0.25, 0.3) is 10.9 Å². The molecule has 0 fully saturated rings. The van der Waals surface area contributed by atoms with Crippen molar-refractivity contribution in [3.05, 3.63) is 78.0 Å². The number of nitrogens with zero attached hydrogens (tertiary/aromatic N) is 1. The van der Waals surface area contributed by atoms with Gasteiger partial charge in [-0.15, -0.1) is 0 Å². The number of carbonyl (C=O) groups excluding carboxylic acids is 1. The van der Waals surface area contributed by atoms with Crippen LogP contribution in [0.1, 0.15) is 5.56 Å². The highest BCUT2D eigenvalue weighted by Gasteiger charge is 2.01. The molecule has 0 saturated heterocycles. The number of rotatable bonds is 2. The largest absolute Gasteiger partial charge is 0.290 e. The van der Waals surface area contributed by atoms with E-state index in [9.17, 15) is 4.79 Å². The number of hydrogen-bond donors (Lipinski definition) is 0. The molecule has 0 N–H and O–H groups in total. The number of benzene rings is 1. The van der Waals surface area contributed by atoms with Crippen LogP contribution >= 0.6 is 0 Å². The molecule has 0 radical (unpaired) electrons. The summed E-state index contributed by atoms with van der Waals surface area (Å²) < 4.78 is 0. The number of fused-ring (bicyclic) bond motifs is 1. The first-order valence-corrected chi connectivity index (χ1v) is 6.26. The van der Waals surface area contributed by atoms with Crippen LogP contribution in [0.5, 0.6) is 0 Å². The van der Waals surface area contributed by atoms with Gasteiger partial charge < -0.3 is 0 Å². The zero-order chi connectivity index (χ0) is 13.1. The van der Waals surface area contributed by atoms with Crippen LogP contribution in [-0.2, 0) is 11.2 Å². The smallest absolute Gasteiger partial charge is 0.178 e. The SMILES string of the molecule is O=C1C=CC(=CCc2ccnc3ccccc23)C=C1. The zero-order valence-corrected chi connectivity index (χ0v) is 10.4. The normalized spacial score (nSPS) is 14.1. The van der Waals surface area contributed by atoms with Crippen molar-refractivity contribution >= 4 is 16.7 Å². The molecule has 0 aliphatic heterocycles. The van der Waals surface area contributed by atoms with E-state index in [0.717, 1.165) is 17.5 Å². The fourth-order valence-electron chi connectivity index (χ4n) is 2.16. The molecule has 0 unspecified atom stereocenters. The number of pyridine rings is 1. The number of hydrogen-bond acceptors (Lipinski definition) is 2. The molecular formula is C17H13NO. The molecule has 1 aromatic carbocycles. The van der Waals surface area contributed by atoms with E-state index in [1.165, 1.54) is 10.9 Å². The van der Waals surface area contributed by atoms with Gasteiger partial charge in [0.1, 0.15) is 0 Å². The van der Waals surface area contributed by atoms with E-state index in [-0.39, 0.29) is 5.78 Å². The van der Waals surface area contributed by atoms with Gasteiger partial charge in [0, 0.05) is 11.6 Å². The van der Waals surface area contributed by atoms with Gasteiger partial charge in [-0.1, -0.05) is 36.4 Å². The highest BCUT2D eigenvalue weighted by molar-refractivity contribution is 6.01. The van der Waals surface area contributed by atoms with Crippen molar-refractivity contribution in [2.75, 3.05) is 0 Å². The summed E-state index contributed by atoms with van der Waals surface area (Å²) in [5.41, 5.74) is 3.33. The molecule has 2 nitrogen and oxygen atoms in total. The average molecular weight is 247 g/mol. The van der Waals surface area contributed by atoms with Crippen molar-refractivity contribution in [2.45, 2.75) is 6.42 Å². The highest BCUT2D eigenvalue weighted by atomic mass is 16.1. The lowest BCUT2D eigenvalue weighted by Crippen LogP contribution is -1.92. The van der Waals surface area contributed by atoms with Gasteiger partial charge in [0.25, 0.3) is 0 Å². The summed E-state index contributed by atoms with van der Waals surface area (Å²) in [6.07, 6.45) is 11.7. The minimum atomic E-state index is 0.0477. The molecule has 0 amide bonds. The third-order valence-corrected chi connectivity index (χ3v) is 3.18. The highest BCUT2D eigenvalue weighted by Crippen LogP contribution is 2.18. The maximum Gasteiger partial charge on any atom is 0.178 e. The molecule has 0 atom stereocenters. The van der Waals surface area contributed by atoms with E-state index >= 15 is 0 Å². The molecular weight excluding hydrogens is 234 g/mol. The van der Waals surface area contributed by atoms with Crippen LogP contribution in [0.15, 0.2) is 72.5 Å². The second-order valence-corrected chi connectivity index (χ2v) is 4.46. The van der Waals surface area contributed by atoms with Crippen molar-refractivity contribution in [3.8, 4) is 0 Å². The minimum absolute atomic E-state index is 0.0477. The second-order valence-electron chi connectivity index (χ2n) is 4.46. The van der Waals surface area contributed by atoms with Crippen LogP contribution in [0.4, 0.5) is 0 Å². The number of aromatic nitrogens is 1. The Balaban J connectivity index is 1.90. The molecule has 1 heterocycles. The Bertz CT molecular complexity index is 700. The summed E-state index contributed by atoms with van der Waals surface area (Å²) in [7, 11) is 0. The number of carbonyl (C=O) groups is 1. The monoisotopic (exact) mass is 247 g/mol. The molecule has 2 aromatic rings. The number of allylic oxidation sites excluding steroid dienone is 6. The zero-order valence-electron chi connectivity index (χ0n) is 10.4. The van der Waals surface area contributed by atoms with Gasteiger partial charge in [0.2, 0.25) is 0 Å². The summed E-state index contributed by atoms with van der Waals surface area (Å²) in [5, 5.41) is 1.18. The van der Waals surface area contributed by atoms with Gasteiger partial charge in [-0.3, -0.25) is 9.78 Å². The Morgan fingerprint density at radius 2 is 1.79 bits per heavy atom. The van der Waals surface area contributed by atoms with Gasteiger partial charge in [-0.05, 0) is 41.8 Å². The van der Waals surface area contributed by atoms with Crippen molar-refractivity contribution in [1.82, 2.24) is 4.98 Å². The lowest BCUT2D eigenvalue weighted by atomic mass is 10.0. The van der Waals surface area contributed by atoms with E-state index in [1.54, 1.807) is 12.2 Å². The quantitative estimate of drug-likeness (QED) is 0.814. The standard InChI is InChI=1S/C17H13NO/c19-15-9-6-13(7-10-15)5-8-14-11-12-18-17-4-2-1-3-16(14)17/h1-7,9-12H,8H2. The van der Waals surface area contributed by atoms with Gasteiger partial charge in [-0.2, -0.15) is 0 Å². The fraction of sp³-hybridized carbons (Fsp3) is 0.0588. The first kappa shape index (κ1) is 11.6. The van der Waals surface area contributed by atoms with Crippen molar-refractivity contribution in [3.63, 3.8) is 0 Å². The predicted molar refractivity (Wildman–Crippen MR) is 76.8 cm³/mol. The second kappa shape index (κ2) is 5.02. The van der Waals surface area contributed by atoms with E-state index in [4.69, 9.17) is 0 Å². The molecule has 2 heteroatoms. The predicted octanol–water partition coefficient (Wildman–Crippen LogP) is 3.40. The average Bonchev–Trinajstić information content (AvgIpc) is 2.47. The van der Waals surface area contributed by atoms with Crippen LogP contribution < -0.4 is 0 Å². The number of ketones is 1. The third-order valence-electron chi connectivity index (χ3n) is 3.18. The maximum atomic E-state index is 11.0. The summed E-state index contributed by atoms with van der Waals surface area (Å²) >= 11 is 0. The maximum absolute atomic E-state index is 11.0. The molecule has 1 aliphatic rings. The van der Waals surface area contributed by atoms with E-state index < -0.39 is 0 Å². The van der Waals surface area contributed by atoms with Crippen molar-refractivity contribution < 1.29 is 4.79 Å². The van der Waals surface area contributed by atoms with Crippen LogP contribution in [-0.4, -0.2) is 10.8 Å². The lowest BCUT2D eigenvalue weighted by Gasteiger charge is -2.04. The molecule has 0 spiro atoms. The summed E-state index contributed by atoms with van der Waals surface area (Å²) in [5.74, 6) is 0.0477. The Labute approximate surface area is 111 Å². The Morgan fingerprint density at radius 1 is 1.00 bits per heavy atom. The Hall–Kier alpha value is -2.48. The van der Waals surface area contributed by atoms with Crippen molar-refractivity contribution in [1.29, 1.82) is 0 Å². The first-order valence-electron chi connectivity index (χ1n) is 6.26. The summed E-state index contributed by atoms with van der Waals surface area (Å²) in [4.78, 5) is 15.4. The molecule has 3 rings (SSSR count). The van der Waals surface area contributed by atoms with Crippen LogP contribution in [0, 0.1) is 0 Å². The topological polar surface area (TPSA) is 30.0 Å².